The minimum atomic E-state index is 0.737. The van der Waals surface area contributed by atoms with Crippen LogP contribution in [-0.2, 0) is 6.54 Å². The zero-order chi connectivity index (χ0) is 10.8. The van der Waals surface area contributed by atoms with Crippen molar-refractivity contribution in [2.75, 3.05) is 13.6 Å². The lowest BCUT2D eigenvalue weighted by atomic mass is 10.2. The number of hydrogen-bond donors (Lipinski definition) is 1. The highest BCUT2D eigenvalue weighted by atomic mass is 35.5. The molecule has 2 aromatic rings. The Bertz CT molecular complexity index is 476. The average Bonchev–Trinajstić information content (AvgIpc) is 2.52. The second-order valence-electron chi connectivity index (χ2n) is 3.57. The summed E-state index contributed by atoms with van der Waals surface area (Å²) in [4.78, 5) is 0. The first-order valence-electron chi connectivity index (χ1n) is 4.99. The Morgan fingerprint density at radius 3 is 3.00 bits per heavy atom. The number of fused-ring (bicyclic) bond motifs is 1. The standard InChI is InChI=1S/C11H14ClN3/c1-8-10-4-3-9(12)7-11(10)14-15(8)6-5-13-2/h3-4,7,13H,5-6H2,1-2H3. The molecule has 0 atom stereocenters. The largest absolute Gasteiger partial charge is 0.318 e. The van der Waals surface area contributed by atoms with E-state index >= 15 is 0 Å². The van der Waals surface area contributed by atoms with Crippen molar-refractivity contribution in [1.82, 2.24) is 15.1 Å². The Kier molecular flexibility index (Phi) is 2.93. The van der Waals surface area contributed by atoms with Crippen LogP contribution in [0.25, 0.3) is 10.9 Å². The predicted molar refractivity (Wildman–Crippen MR) is 63.4 cm³/mol. The zero-order valence-electron chi connectivity index (χ0n) is 8.92. The van der Waals surface area contributed by atoms with E-state index in [1.165, 1.54) is 11.1 Å². The van der Waals surface area contributed by atoms with Crippen LogP contribution in [0.3, 0.4) is 0 Å². The zero-order valence-corrected chi connectivity index (χ0v) is 9.67. The molecule has 0 bridgehead atoms. The minimum Gasteiger partial charge on any atom is -0.318 e. The molecule has 0 spiro atoms. The molecule has 0 saturated heterocycles. The molecule has 1 N–H and O–H groups in total. The Morgan fingerprint density at radius 1 is 1.47 bits per heavy atom. The molecule has 4 heteroatoms. The first-order valence-corrected chi connectivity index (χ1v) is 5.37. The van der Waals surface area contributed by atoms with E-state index in [1.807, 2.05) is 29.9 Å². The number of benzene rings is 1. The molecule has 0 unspecified atom stereocenters. The van der Waals surface area contributed by atoms with Crippen LogP contribution in [0.15, 0.2) is 18.2 Å². The molecule has 15 heavy (non-hydrogen) atoms. The van der Waals surface area contributed by atoms with Gasteiger partial charge in [0, 0.05) is 22.6 Å². The molecule has 1 aromatic heterocycles. The van der Waals surface area contributed by atoms with E-state index in [1.54, 1.807) is 0 Å². The molecule has 0 aliphatic heterocycles. The van der Waals surface area contributed by atoms with E-state index < -0.39 is 0 Å². The number of nitrogens with one attached hydrogen (secondary N) is 1. The van der Waals surface area contributed by atoms with Crippen molar-refractivity contribution in [2.45, 2.75) is 13.5 Å². The van der Waals surface area contributed by atoms with E-state index in [-0.39, 0.29) is 0 Å². The Morgan fingerprint density at radius 2 is 2.27 bits per heavy atom. The van der Waals surface area contributed by atoms with E-state index in [4.69, 9.17) is 11.6 Å². The molecule has 0 aliphatic rings. The van der Waals surface area contributed by atoms with Gasteiger partial charge in [-0.2, -0.15) is 5.10 Å². The van der Waals surface area contributed by atoms with E-state index in [2.05, 4.69) is 17.3 Å². The summed E-state index contributed by atoms with van der Waals surface area (Å²) in [6.07, 6.45) is 0. The third-order valence-electron chi connectivity index (χ3n) is 2.54. The SMILES string of the molecule is CNCCn1nc2cc(Cl)ccc2c1C. The summed E-state index contributed by atoms with van der Waals surface area (Å²) in [6, 6.07) is 5.83. The van der Waals surface area contributed by atoms with Crippen LogP contribution in [0.4, 0.5) is 0 Å². The number of rotatable bonds is 3. The van der Waals surface area contributed by atoms with Gasteiger partial charge in [0.15, 0.2) is 0 Å². The molecule has 1 heterocycles. The normalized spacial score (nSPS) is 11.1. The topological polar surface area (TPSA) is 29.9 Å². The summed E-state index contributed by atoms with van der Waals surface area (Å²) in [5, 5.41) is 9.53. The van der Waals surface area contributed by atoms with Crippen LogP contribution < -0.4 is 5.32 Å². The Hall–Kier alpha value is -1.06. The number of likely N-dealkylation sites (N-methyl/N-ethyl adjacent to an activating group) is 1. The molecule has 0 fully saturated rings. The van der Waals surface area contributed by atoms with Crippen molar-refractivity contribution >= 4 is 22.5 Å². The van der Waals surface area contributed by atoms with Crippen molar-refractivity contribution in [3.63, 3.8) is 0 Å². The van der Waals surface area contributed by atoms with Gasteiger partial charge in [0.1, 0.15) is 0 Å². The first kappa shape index (κ1) is 10.5. The molecule has 1 aromatic carbocycles. The summed E-state index contributed by atoms with van der Waals surface area (Å²) < 4.78 is 2.01. The van der Waals surface area contributed by atoms with Gasteiger partial charge in [0.25, 0.3) is 0 Å². The summed E-state index contributed by atoms with van der Waals surface area (Å²) in [7, 11) is 1.94. The quantitative estimate of drug-likeness (QED) is 0.865. The van der Waals surface area contributed by atoms with E-state index in [9.17, 15) is 0 Å². The number of halogens is 1. The van der Waals surface area contributed by atoms with Crippen molar-refractivity contribution in [3.8, 4) is 0 Å². The maximum atomic E-state index is 5.92. The highest BCUT2D eigenvalue weighted by Gasteiger charge is 2.06. The predicted octanol–water partition coefficient (Wildman–Crippen LogP) is 2.22. The van der Waals surface area contributed by atoms with Gasteiger partial charge in [-0.1, -0.05) is 11.6 Å². The lowest BCUT2D eigenvalue weighted by molar-refractivity contribution is 0.577. The third-order valence-corrected chi connectivity index (χ3v) is 2.77. The fourth-order valence-corrected chi connectivity index (χ4v) is 1.84. The lowest BCUT2D eigenvalue weighted by Gasteiger charge is -2.02. The molecular formula is C11H14ClN3. The summed E-state index contributed by atoms with van der Waals surface area (Å²) in [5.74, 6) is 0. The summed E-state index contributed by atoms with van der Waals surface area (Å²) in [5.41, 5.74) is 2.16. The van der Waals surface area contributed by atoms with Crippen LogP contribution >= 0.6 is 11.6 Å². The second-order valence-corrected chi connectivity index (χ2v) is 4.01. The van der Waals surface area contributed by atoms with Crippen LogP contribution in [-0.4, -0.2) is 23.4 Å². The highest BCUT2D eigenvalue weighted by Crippen LogP contribution is 2.21. The second kappa shape index (κ2) is 4.21. The fourth-order valence-electron chi connectivity index (χ4n) is 1.67. The minimum absolute atomic E-state index is 0.737. The molecule has 0 aliphatic carbocycles. The molecule has 2 rings (SSSR count). The number of aryl methyl sites for hydroxylation is 1. The van der Waals surface area contributed by atoms with E-state index in [0.717, 1.165) is 23.6 Å². The number of hydrogen-bond acceptors (Lipinski definition) is 2. The Balaban J connectivity index is 2.44. The lowest BCUT2D eigenvalue weighted by Crippen LogP contribution is -2.16. The van der Waals surface area contributed by atoms with Crippen molar-refractivity contribution in [1.29, 1.82) is 0 Å². The van der Waals surface area contributed by atoms with Crippen LogP contribution in [0, 0.1) is 6.92 Å². The molecule has 80 valence electrons. The average molecular weight is 224 g/mol. The molecule has 3 nitrogen and oxygen atoms in total. The van der Waals surface area contributed by atoms with Crippen LogP contribution in [0.1, 0.15) is 5.69 Å². The highest BCUT2D eigenvalue weighted by molar-refractivity contribution is 6.31. The van der Waals surface area contributed by atoms with Gasteiger partial charge >= 0.3 is 0 Å². The first-order chi connectivity index (χ1) is 7.22. The third kappa shape index (κ3) is 1.98. The maximum Gasteiger partial charge on any atom is 0.0940 e. The van der Waals surface area contributed by atoms with Gasteiger partial charge in [-0.05, 0) is 32.2 Å². The van der Waals surface area contributed by atoms with Crippen LogP contribution in [0.5, 0.6) is 0 Å². The van der Waals surface area contributed by atoms with Gasteiger partial charge in [-0.25, -0.2) is 0 Å². The summed E-state index contributed by atoms with van der Waals surface area (Å²) in [6.45, 7) is 3.89. The molecule has 0 radical (unpaired) electrons. The molecule has 0 saturated carbocycles. The molecule has 0 amide bonds. The monoisotopic (exact) mass is 223 g/mol. The van der Waals surface area contributed by atoms with Crippen molar-refractivity contribution in [3.05, 3.63) is 28.9 Å². The van der Waals surface area contributed by atoms with Gasteiger partial charge in [-0.15, -0.1) is 0 Å². The maximum absolute atomic E-state index is 5.92. The number of aromatic nitrogens is 2. The van der Waals surface area contributed by atoms with Gasteiger partial charge in [0.2, 0.25) is 0 Å². The Labute approximate surface area is 94.0 Å². The fraction of sp³-hybridized carbons (Fsp3) is 0.364. The van der Waals surface area contributed by atoms with Gasteiger partial charge in [-0.3, -0.25) is 4.68 Å². The van der Waals surface area contributed by atoms with Crippen molar-refractivity contribution < 1.29 is 0 Å². The van der Waals surface area contributed by atoms with E-state index in [0.29, 0.717) is 0 Å². The number of nitrogens with zero attached hydrogens (tertiary/aromatic N) is 2. The van der Waals surface area contributed by atoms with Crippen molar-refractivity contribution in [2.24, 2.45) is 0 Å². The molecular weight excluding hydrogens is 210 g/mol. The van der Waals surface area contributed by atoms with Crippen LogP contribution in [0.2, 0.25) is 5.02 Å². The smallest absolute Gasteiger partial charge is 0.0940 e. The van der Waals surface area contributed by atoms with Gasteiger partial charge < -0.3 is 5.32 Å². The van der Waals surface area contributed by atoms with Gasteiger partial charge in [0.05, 0.1) is 12.1 Å². The summed E-state index contributed by atoms with van der Waals surface area (Å²) >= 11 is 5.92.